The van der Waals surface area contributed by atoms with Gasteiger partial charge in [0, 0.05) is 11.8 Å². The molecule has 144 valence electrons. The number of Topliss-reactive ketones (excluding diaryl/α,β-unsaturated/α-hetero) is 1. The molecule has 0 bridgehead atoms. The first kappa shape index (κ1) is 19.3. The van der Waals surface area contributed by atoms with Crippen LogP contribution in [0.1, 0.15) is 72.6 Å². The first-order valence-corrected chi connectivity index (χ1v) is 10.4. The fourth-order valence-electron chi connectivity index (χ4n) is 7.01. The molecule has 0 spiro atoms. The highest BCUT2D eigenvalue weighted by Gasteiger charge is 2.64. The molecule has 0 aromatic carbocycles. The third-order valence-corrected chi connectivity index (χ3v) is 8.43. The summed E-state index contributed by atoms with van der Waals surface area (Å²) in [4.78, 5) is 12.4. The third-order valence-electron chi connectivity index (χ3n) is 8.43. The van der Waals surface area contributed by atoms with Crippen LogP contribution in [0, 0.1) is 34.5 Å². The molecule has 0 saturated heterocycles. The number of hydrogen-bond acceptors (Lipinski definition) is 4. The topological polar surface area (TPSA) is 77.8 Å². The maximum atomic E-state index is 12.4. The van der Waals surface area contributed by atoms with Crippen LogP contribution in [0.2, 0.25) is 0 Å². The van der Waals surface area contributed by atoms with Gasteiger partial charge in [-0.05, 0) is 67.6 Å². The van der Waals surface area contributed by atoms with Gasteiger partial charge in [0.1, 0.15) is 5.78 Å². The summed E-state index contributed by atoms with van der Waals surface area (Å²) in [7, 11) is 0. The largest absolute Gasteiger partial charge is 0.393 e. The summed E-state index contributed by atoms with van der Waals surface area (Å²) < 4.78 is 0. The third kappa shape index (κ3) is 2.62. The van der Waals surface area contributed by atoms with E-state index in [0.29, 0.717) is 24.5 Å². The van der Waals surface area contributed by atoms with Gasteiger partial charge in [0.25, 0.3) is 0 Å². The minimum absolute atomic E-state index is 0.0183. The van der Waals surface area contributed by atoms with Gasteiger partial charge in [0.2, 0.25) is 0 Å². The van der Waals surface area contributed by atoms with Gasteiger partial charge in [-0.1, -0.05) is 27.7 Å². The summed E-state index contributed by atoms with van der Waals surface area (Å²) in [5, 5.41) is 31.8. The lowest BCUT2D eigenvalue weighted by Crippen LogP contribution is -2.64. The van der Waals surface area contributed by atoms with Crippen molar-refractivity contribution in [2.75, 3.05) is 0 Å². The number of fused-ring (bicyclic) bond motifs is 5. The SMILES string of the molecule is CC.C[C@]12CC[C@H](O)CC1[C@@H](O)[C@H](O)C1C2CC[C@]2(C)C(=O)CCC12. The zero-order valence-electron chi connectivity index (χ0n) is 16.2. The van der Waals surface area contributed by atoms with E-state index in [2.05, 4.69) is 13.8 Å². The molecule has 0 radical (unpaired) electrons. The summed E-state index contributed by atoms with van der Waals surface area (Å²) >= 11 is 0. The summed E-state index contributed by atoms with van der Waals surface area (Å²) in [6, 6.07) is 0. The van der Waals surface area contributed by atoms with Crippen molar-refractivity contribution in [3.8, 4) is 0 Å². The molecule has 0 aromatic rings. The van der Waals surface area contributed by atoms with Crippen molar-refractivity contribution in [1.29, 1.82) is 0 Å². The predicted octanol–water partition coefficient (Wildman–Crippen LogP) is 2.93. The van der Waals surface area contributed by atoms with E-state index in [4.69, 9.17) is 0 Å². The summed E-state index contributed by atoms with van der Waals surface area (Å²) in [5.41, 5.74) is -0.311. The molecule has 0 heterocycles. The van der Waals surface area contributed by atoms with E-state index in [-0.39, 0.29) is 34.7 Å². The van der Waals surface area contributed by atoms with Crippen molar-refractivity contribution in [1.82, 2.24) is 0 Å². The molecule has 0 aliphatic heterocycles. The molecule has 25 heavy (non-hydrogen) atoms. The lowest BCUT2D eigenvalue weighted by atomic mass is 9.44. The Morgan fingerprint density at radius 3 is 2.24 bits per heavy atom. The van der Waals surface area contributed by atoms with Crippen LogP contribution < -0.4 is 0 Å². The normalized spacial score (nSPS) is 54.7. The van der Waals surface area contributed by atoms with Gasteiger partial charge >= 0.3 is 0 Å². The van der Waals surface area contributed by atoms with E-state index < -0.39 is 12.2 Å². The first-order valence-electron chi connectivity index (χ1n) is 10.4. The van der Waals surface area contributed by atoms with Gasteiger partial charge in [-0.25, -0.2) is 0 Å². The van der Waals surface area contributed by atoms with Crippen LogP contribution in [0.5, 0.6) is 0 Å². The average molecular weight is 353 g/mol. The van der Waals surface area contributed by atoms with Gasteiger partial charge in [0.05, 0.1) is 18.3 Å². The van der Waals surface area contributed by atoms with E-state index in [1.807, 2.05) is 13.8 Å². The lowest BCUT2D eigenvalue weighted by molar-refractivity contribution is -0.219. The number of carbonyl (C=O) groups is 1. The fourth-order valence-corrected chi connectivity index (χ4v) is 7.01. The van der Waals surface area contributed by atoms with Crippen molar-refractivity contribution in [3.63, 3.8) is 0 Å². The zero-order chi connectivity index (χ0) is 18.6. The van der Waals surface area contributed by atoms with Crippen LogP contribution in [0.25, 0.3) is 0 Å². The maximum Gasteiger partial charge on any atom is 0.139 e. The summed E-state index contributed by atoms with van der Waals surface area (Å²) in [6.45, 7) is 8.34. The molecule has 4 aliphatic rings. The highest BCUT2D eigenvalue weighted by Crippen LogP contribution is 2.65. The Kier molecular flexibility index (Phi) is 5.11. The Morgan fingerprint density at radius 1 is 0.880 bits per heavy atom. The van der Waals surface area contributed by atoms with Crippen molar-refractivity contribution in [2.24, 2.45) is 34.5 Å². The highest BCUT2D eigenvalue weighted by atomic mass is 16.3. The van der Waals surface area contributed by atoms with Crippen molar-refractivity contribution < 1.29 is 20.1 Å². The number of hydrogen-bond donors (Lipinski definition) is 3. The van der Waals surface area contributed by atoms with Gasteiger partial charge in [-0.15, -0.1) is 0 Å². The van der Waals surface area contributed by atoms with Gasteiger partial charge in [-0.2, -0.15) is 0 Å². The van der Waals surface area contributed by atoms with E-state index in [1.54, 1.807) is 0 Å². The fraction of sp³-hybridized carbons (Fsp3) is 0.952. The second-order valence-corrected chi connectivity index (χ2v) is 9.23. The monoisotopic (exact) mass is 352 g/mol. The number of ketones is 1. The zero-order valence-corrected chi connectivity index (χ0v) is 16.2. The smallest absolute Gasteiger partial charge is 0.139 e. The van der Waals surface area contributed by atoms with Crippen LogP contribution in [-0.4, -0.2) is 39.4 Å². The predicted molar refractivity (Wildman–Crippen MR) is 96.9 cm³/mol. The number of rotatable bonds is 0. The van der Waals surface area contributed by atoms with Crippen LogP contribution in [0.3, 0.4) is 0 Å². The Hall–Kier alpha value is -0.450. The summed E-state index contributed by atoms with van der Waals surface area (Å²) in [6.07, 6.45) is 3.82. The lowest BCUT2D eigenvalue weighted by Gasteiger charge is -2.62. The highest BCUT2D eigenvalue weighted by molar-refractivity contribution is 5.87. The summed E-state index contributed by atoms with van der Waals surface area (Å²) in [5.74, 6) is 0.940. The number of aliphatic hydroxyl groups excluding tert-OH is 3. The van der Waals surface area contributed by atoms with Crippen molar-refractivity contribution >= 4 is 5.78 Å². The minimum atomic E-state index is -0.769. The molecule has 4 heteroatoms. The molecule has 0 aromatic heterocycles. The quantitative estimate of drug-likeness (QED) is 0.626. The van der Waals surface area contributed by atoms with Crippen LogP contribution >= 0.6 is 0 Å². The molecule has 4 unspecified atom stereocenters. The van der Waals surface area contributed by atoms with Crippen LogP contribution in [0.4, 0.5) is 0 Å². The Morgan fingerprint density at radius 2 is 1.56 bits per heavy atom. The molecule has 0 amide bonds. The van der Waals surface area contributed by atoms with Crippen molar-refractivity contribution in [3.05, 3.63) is 0 Å². The molecule has 4 saturated carbocycles. The molecule has 4 aliphatic carbocycles. The molecular weight excluding hydrogens is 316 g/mol. The van der Waals surface area contributed by atoms with E-state index >= 15 is 0 Å². The van der Waals surface area contributed by atoms with Gasteiger partial charge in [-0.3, -0.25) is 4.79 Å². The molecule has 4 nitrogen and oxygen atoms in total. The van der Waals surface area contributed by atoms with Crippen LogP contribution in [-0.2, 0) is 4.79 Å². The number of aliphatic hydroxyl groups is 3. The van der Waals surface area contributed by atoms with Crippen LogP contribution in [0.15, 0.2) is 0 Å². The number of carbonyl (C=O) groups excluding carboxylic acids is 1. The Balaban J connectivity index is 0.000000880. The molecule has 4 rings (SSSR count). The van der Waals surface area contributed by atoms with E-state index in [9.17, 15) is 20.1 Å². The molecule has 3 N–H and O–H groups in total. The Labute approximate surface area is 152 Å². The van der Waals surface area contributed by atoms with Gasteiger partial charge in [0.15, 0.2) is 0 Å². The van der Waals surface area contributed by atoms with E-state index in [0.717, 1.165) is 32.1 Å². The van der Waals surface area contributed by atoms with Crippen molar-refractivity contribution in [2.45, 2.75) is 91.0 Å². The molecule has 4 fully saturated rings. The average Bonchev–Trinajstić information content (AvgIpc) is 2.91. The van der Waals surface area contributed by atoms with Gasteiger partial charge < -0.3 is 15.3 Å². The standard InChI is InChI=1S/C19H30O4.C2H6/c1-18-7-5-10(20)9-13(18)16(22)17(23)15-11-3-4-14(21)19(11,2)8-6-12(15)18;1-2/h10-13,15-17,20,22-23H,3-9H2,1-2H3;1-2H3/t10-,11?,12?,13?,15?,16+,17+,18+,19-;/m0./s1. The second-order valence-electron chi connectivity index (χ2n) is 9.23. The molecular formula is C21H36O4. The maximum absolute atomic E-state index is 12.4. The Bertz CT molecular complexity index is 520. The minimum Gasteiger partial charge on any atom is -0.393 e. The first-order chi connectivity index (χ1) is 11.8. The second kappa shape index (κ2) is 6.61. The van der Waals surface area contributed by atoms with E-state index in [1.165, 1.54) is 0 Å². The molecule has 9 atom stereocenters.